The molecule has 0 N–H and O–H groups in total. The molecule has 0 amide bonds. The van der Waals surface area contributed by atoms with Crippen LogP contribution in [0.15, 0.2) is 346 Å². The third-order valence-corrected chi connectivity index (χ3v) is 18.8. The van der Waals surface area contributed by atoms with Gasteiger partial charge >= 0.3 is 0 Å². The third-order valence-electron chi connectivity index (χ3n) is 18.8. The zero-order valence-corrected chi connectivity index (χ0v) is 66.6. The quantitative estimate of drug-likeness (QED) is 0.123. The minimum atomic E-state index is 0. The Morgan fingerprint density at radius 3 is 0.990 bits per heavy atom. The maximum absolute atomic E-state index is 4.70. The zero-order valence-electron chi connectivity index (χ0n) is 57.0. The maximum Gasteiger partial charge on any atom is 0.0239 e. The number of nitrogens with zero attached hydrogens (tertiary/aromatic N) is 4. The first-order valence-corrected chi connectivity index (χ1v) is 33.9. The van der Waals surface area contributed by atoms with E-state index >= 15 is 0 Å². The molecule has 0 aliphatic carbocycles. The molecular weight excluding hydrogens is 1980 g/mol. The van der Waals surface area contributed by atoms with E-state index in [0.29, 0.717) is 0 Å². The Morgan fingerprint density at radius 2 is 0.577 bits per heavy atom. The average Bonchev–Trinajstić information content (AvgIpc) is 0.767. The van der Waals surface area contributed by atoms with Crippen LogP contribution in [0.4, 0.5) is 0 Å². The Kier molecular flexibility index (Phi) is 23.4. The van der Waals surface area contributed by atoms with Crippen LogP contribution >= 0.6 is 0 Å². The monoisotopic (exact) mass is 2050 g/mol. The van der Waals surface area contributed by atoms with E-state index in [4.69, 9.17) is 4.98 Å². The Hall–Kier alpha value is -10.2. The standard InChI is InChI=1S/2C25H16N.C23H14N.C23H20N.4Ir/c1-2-7-18(8-3-1)20-10-6-11-21(15-20)25-16-24-22(17-26-25)14-13-19-9-4-5-12-23(19)24;1-2-6-18(7-3-1)19-10-13-21(14-11-19)25-16-24-22(17-26-25)15-12-20-8-4-5-9-23(20)24;1-3-9-19-16(6-1)8-5-11-21(19)23-14-22-18(15-24-23)13-12-17-7-2-4-10-20(17)22;1-23(2,3)19-12-10-17(11-13-19)22-14-21-18(15-24-22)9-8-16-6-4-5-7-20(16)21;;;;/h1-10,12-17H;1-13,15-17H;1-10,12-15H;4-10,12-15H,1-3H3;;;;/q4*-1;;;;. The molecule has 0 aliphatic rings. The van der Waals surface area contributed by atoms with Gasteiger partial charge in [0.2, 0.25) is 0 Å². The molecule has 104 heavy (non-hydrogen) atoms. The molecule has 0 aliphatic heterocycles. The zero-order chi connectivity index (χ0) is 67.4. The fourth-order valence-corrected chi connectivity index (χ4v) is 13.4. The molecule has 4 radical (unpaired) electrons. The molecule has 0 spiro atoms. The van der Waals surface area contributed by atoms with Gasteiger partial charge in [-0.2, -0.15) is 0 Å². The van der Waals surface area contributed by atoms with Crippen molar-refractivity contribution in [1.29, 1.82) is 0 Å². The van der Waals surface area contributed by atoms with Crippen LogP contribution in [-0.4, -0.2) is 19.9 Å². The Balaban J connectivity index is 0.000000129. The van der Waals surface area contributed by atoms with Gasteiger partial charge in [-0.25, -0.2) is 0 Å². The number of hydrogen-bond acceptors (Lipinski definition) is 4. The van der Waals surface area contributed by atoms with Crippen LogP contribution in [0.25, 0.3) is 164 Å². The van der Waals surface area contributed by atoms with Gasteiger partial charge < -0.3 is 19.9 Å². The topological polar surface area (TPSA) is 51.6 Å². The van der Waals surface area contributed by atoms with E-state index in [-0.39, 0.29) is 85.8 Å². The van der Waals surface area contributed by atoms with Crippen LogP contribution in [0.5, 0.6) is 0 Å². The van der Waals surface area contributed by atoms with E-state index in [0.717, 1.165) is 61.2 Å². The normalized spacial score (nSPS) is 10.9. The molecule has 4 heterocycles. The molecule has 510 valence electrons. The summed E-state index contributed by atoms with van der Waals surface area (Å²) in [6, 6.07) is 126. The van der Waals surface area contributed by atoms with Crippen molar-refractivity contribution in [2.45, 2.75) is 26.2 Å². The fraction of sp³-hybridized carbons (Fsp3) is 0.0417. The molecule has 0 fully saturated rings. The predicted octanol–water partition coefficient (Wildman–Crippen LogP) is 25.2. The van der Waals surface area contributed by atoms with Gasteiger partial charge in [0.15, 0.2) is 0 Å². The van der Waals surface area contributed by atoms with Gasteiger partial charge in [0.25, 0.3) is 0 Å². The summed E-state index contributed by atoms with van der Waals surface area (Å²) in [5.41, 5.74) is 14.2. The van der Waals surface area contributed by atoms with Crippen molar-refractivity contribution in [2.24, 2.45) is 0 Å². The minimum Gasteiger partial charge on any atom is -0.304 e. The molecule has 0 atom stereocenters. The van der Waals surface area contributed by atoms with Gasteiger partial charge in [-0.3, -0.25) is 0 Å². The summed E-state index contributed by atoms with van der Waals surface area (Å²) in [5.74, 6) is 0. The third kappa shape index (κ3) is 15.8. The molecule has 0 saturated heterocycles. The first kappa shape index (κ1) is 73.6. The minimum absolute atomic E-state index is 0. The summed E-state index contributed by atoms with van der Waals surface area (Å²) >= 11 is 0. The van der Waals surface area contributed by atoms with Crippen molar-refractivity contribution < 1.29 is 80.4 Å². The molecule has 19 aromatic rings. The first-order valence-electron chi connectivity index (χ1n) is 33.9. The summed E-state index contributed by atoms with van der Waals surface area (Å²) in [7, 11) is 0. The summed E-state index contributed by atoms with van der Waals surface area (Å²) in [5, 5.41) is 22.1. The number of pyridine rings is 4. The molecule has 4 aromatic heterocycles. The smallest absolute Gasteiger partial charge is 0.0239 e. The molecule has 0 bridgehead atoms. The number of aromatic nitrogens is 4. The van der Waals surface area contributed by atoms with Crippen molar-refractivity contribution in [2.75, 3.05) is 0 Å². The van der Waals surface area contributed by atoms with E-state index < -0.39 is 0 Å². The molecule has 8 heteroatoms. The van der Waals surface area contributed by atoms with Crippen molar-refractivity contribution in [3.05, 3.63) is 376 Å². The Bertz CT molecular complexity index is 6200. The second-order valence-corrected chi connectivity index (χ2v) is 26.2. The van der Waals surface area contributed by atoms with Crippen molar-refractivity contribution in [1.82, 2.24) is 19.9 Å². The van der Waals surface area contributed by atoms with Crippen LogP contribution < -0.4 is 0 Å². The van der Waals surface area contributed by atoms with Gasteiger partial charge in [-0.05, 0) is 120 Å². The number of fused-ring (bicyclic) bond motifs is 13. The molecular formula is C96H66Ir4N4-4. The summed E-state index contributed by atoms with van der Waals surface area (Å²) in [6.07, 6.45) is 7.84. The van der Waals surface area contributed by atoms with Crippen LogP contribution in [0.2, 0.25) is 0 Å². The molecule has 0 unspecified atom stereocenters. The van der Waals surface area contributed by atoms with Gasteiger partial charge in [0, 0.05) is 105 Å². The van der Waals surface area contributed by atoms with Gasteiger partial charge in [0.05, 0.1) is 0 Å². The van der Waals surface area contributed by atoms with Crippen molar-refractivity contribution in [3.63, 3.8) is 0 Å². The van der Waals surface area contributed by atoms with Gasteiger partial charge in [-0.1, -0.05) is 292 Å². The van der Waals surface area contributed by atoms with Crippen molar-refractivity contribution in [3.8, 4) is 67.3 Å². The first-order chi connectivity index (χ1) is 49.2. The summed E-state index contributed by atoms with van der Waals surface area (Å²) in [6.45, 7) is 6.66. The van der Waals surface area contributed by atoms with Crippen LogP contribution in [0.1, 0.15) is 26.3 Å². The van der Waals surface area contributed by atoms with E-state index in [9.17, 15) is 0 Å². The molecule has 0 saturated carbocycles. The van der Waals surface area contributed by atoms with Crippen LogP contribution in [0, 0.1) is 24.3 Å². The number of benzene rings is 15. The van der Waals surface area contributed by atoms with E-state index in [2.05, 4.69) is 351 Å². The van der Waals surface area contributed by atoms with Crippen LogP contribution in [0.3, 0.4) is 0 Å². The molecule has 15 aromatic carbocycles. The van der Waals surface area contributed by atoms with E-state index in [1.165, 1.54) is 109 Å². The largest absolute Gasteiger partial charge is 0.304 e. The Morgan fingerprint density at radius 1 is 0.231 bits per heavy atom. The summed E-state index contributed by atoms with van der Waals surface area (Å²) < 4.78 is 0. The maximum atomic E-state index is 4.70. The van der Waals surface area contributed by atoms with E-state index in [1.54, 1.807) is 0 Å². The molecule has 19 rings (SSSR count). The second kappa shape index (κ2) is 33.1. The van der Waals surface area contributed by atoms with E-state index in [1.807, 2.05) is 55.1 Å². The second-order valence-electron chi connectivity index (χ2n) is 26.2. The van der Waals surface area contributed by atoms with Gasteiger partial charge in [0.1, 0.15) is 0 Å². The Labute approximate surface area is 660 Å². The van der Waals surface area contributed by atoms with Crippen LogP contribution in [-0.2, 0) is 85.8 Å². The average molecular weight is 2040 g/mol. The SMILES string of the molecule is CC(C)(C)c1c[c-]c(-c2cc3c(ccc4ccccc43)cn2)cc1.[Ir].[Ir].[Ir].[Ir].[c-]1cc(-c2ccccc2)ccc1-c1cc2c(ccc3ccccc32)cn1.[c-]1ccc(-c2ccccc2)cc1-c1cc2c(ccc3ccccc32)cn1.[c-]1ccc2ccccc2c1-c1cc2c(ccc3ccccc32)cn1. The fourth-order valence-electron chi connectivity index (χ4n) is 13.4. The number of hydrogen-bond donors (Lipinski definition) is 0. The predicted molar refractivity (Wildman–Crippen MR) is 421 cm³/mol. The summed E-state index contributed by atoms with van der Waals surface area (Å²) in [4.78, 5) is 18.7. The van der Waals surface area contributed by atoms with Gasteiger partial charge in [-0.15, -0.1) is 130 Å². The van der Waals surface area contributed by atoms with Crippen molar-refractivity contribution >= 4 is 97.0 Å². The molecule has 4 nitrogen and oxygen atoms in total. The number of rotatable bonds is 6.